The van der Waals surface area contributed by atoms with Gasteiger partial charge in [0.2, 0.25) is 0 Å². The van der Waals surface area contributed by atoms with Crippen LogP contribution >= 0.6 is 0 Å². The normalized spacial score (nSPS) is 26.9. The van der Waals surface area contributed by atoms with Crippen LogP contribution in [0.4, 0.5) is 13.2 Å². The predicted molar refractivity (Wildman–Crippen MR) is 126 cm³/mol. The highest BCUT2D eigenvalue weighted by atomic mass is 19.4. The Bertz CT molecular complexity index is 1250. The third-order valence-corrected chi connectivity index (χ3v) is 7.82. The van der Waals surface area contributed by atoms with Crippen molar-refractivity contribution in [3.05, 3.63) is 70.9 Å². The standard InChI is InChI=1S/C27H28F3N3O2/c1-35-26(34)24-14-20-19-4-2-3-5-21(19)32-25(20)23-13-18(31-17-10-11-17)12-22(33(23)24)15-6-8-16(9-7-15)27(28,29)30/h2-9,17-18,22-24,31-32H,10-14H2,1H3/t18-,22-,23+,24-/m0/s1. The minimum Gasteiger partial charge on any atom is -0.468 e. The molecule has 0 unspecified atom stereocenters. The number of carbonyl (C=O) groups is 1. The van der Waals surface area contributed by atoms with Crippen LogP contribution in [0.1, 0.15) is 60.2 Å². The molecule has 8 heteroatoms. The van der Waals surface area contributed by atoms with Gasteiger partial charge < -0.3 is 15.0 Å². The fraction of sp³-hybridized carbons (Fsp3) is 0.444. The van der Waals surface area contributed by atoms with E-state index in [1.165, 1.54) is 7.11 Å². The summed E-state index contributed by atoms with van der Waals surface area (Å²) < 4.78 is 44.9. The molecular weight excluding hydrogens is 455 g/mol. The zero-order valence-electron chi connectivity index (χ0n) is 19.4. The SMILES string of the molecule is COC(=O)[C@@H]1Cc2c([nH]c3ccccc23)[C@H]2C[C@@H](NC3CC3)C[C@@H](c3ccc(C(F)(F)F)cc3)N21. The van der Waals surface area contributed by atoms with Gasteiger partial charge in [-0.05, 0) is 55.0 Å². The minimum atomic E-state index is -4.39. The molecule has 184 valence electrons. The lowest BCUT2D eigenvalue weighted by atomic mass is 9.79. The van der Waals surface area contributed by atoms with E-state index in [1.54, 1.807) is 12.1 Å². The van der Waals surface area contributed by atoms with Crippen LogP contribution in [0.15, 0.2) is 48.5 Å². The second-order valence-corrected chi connectivity index (χ2v) is 10.0. The number of nitrogens with zero attached hydrogens (tertiary/aromatic N) is 1. The molecule has 1 aromatic heterocycles. The maximum atomic E-state index is 13.2. The number of methoxy groups -OCH3 is 1. The number of alkyl halides is 3. The third-order valence-electron chi connectivity index (χ3n) is 7.82. The molecule has 35 heavy (non-hydrogen) atoms. The fourth-order valence-electron chi connectivity index (χ4n) is 6.08. The van der Waals surface area contributed by atoms with Crippen LogP contribution in [0.3, 0.4) is 0 Å². The summed E-state index contributed by atoms with van der Waals surface area (Å²) in [4.78, 5) is 18.9. The van der Waals surface area contributed by atoms with Gasteiger partial charge >= 0.3 is 12.1 Å². The third kappa shape index (κ3) is 4.02. The Morgan fingerprint density at radius 1 is 1.03 bits per heavy atom. The highest BCUT2D eigenvalue weighted by molar-refractivity contribution is 5.87. The van der Waals surface area contributed by atoms with Crippen LogP contribution in [0.2, 0.25) is 0 Å². The van der Waals surface area contributed by atoms with Gasteiger partial charge in [-0.3, -0.25) is 9.69 Å². The molecule has 1 saturated heterocycles. The summed E-state index contributed by atoms with van der Waals surface area (Å²) in [6, 6.07) is 13.4. The van der Waals surface area contributed by atoms with E-state index in [9.17, 15) is 18.0 Å². The predicted octanol–water partition coefficient (Wildman–Crippen LogP) is 5.28. The number of fused-ring (bicyclic) bond motifs is 5. The number of aromatic amines is 1. The van der Waals surface area contributed by atoms with Crippen molar-refractivity contribution in [3.63, 3.8) is 0 Å². The lowest BCUT2D eigenvalue weighted by Crippen LogP contribution is -2.55. The molecule has 3 aromatic rings. The first-order valence-corrected chi connectivity index (χ1v) is 12.2. The van der Waals surface area contributed by atoms with Gasteiger partial charge in [-0.15, -0.1) is 0 Å². The molecule has 2 aliphatic heterocycles. The highest BCUT2D eigenvalue weighted by Gasteiger charge is 2.49. The van der Waals surface area contributed by atoms with Gasteiger partial charge in [0.1, 0.15) is 6.04 Å². The number of halogens is 3. The second kappa shape index (κ2) is 8.38. The van der Waals surface area contributed by atoms with E-state index in [4.69, 9.17) is 4.74 Å². The van der Waals surface area contributed by atoms with Crippen LogP contribution in [-0.4, -0.2) is 41.1 Å². The largest absolute Gasteiger partial charge is 0.468 e. The van der Waals surface area contributed by atoms with E-state index in [-0.39, 0.29) is 24.1 Å². The summed E-state index contributed by atoms with van der Waals surface area (Å²) in [6.07, 6.45) is -0.0398. The first kappa shape index (κ1) is 22.6. The van der Waals surface area contributed by atoms with E-state index in [0.717, 1.165) is 65.5 Å². The van der Waals surface area contributed by atoms with E-state index in [2.05, 4.69) is 21.3 Å². The number of ether oxygens (including phenoxy) is 1. The molecule has 0 amide bonds. The number of aromatic nitrogens is 1. The van der Waals surface area contributed by atoms with Crippen LogP contribution in [-0.2, 0) is 22.1 Å². The van der Waals surface area contributed by atoms with Crippen molar-refractivity contribution in [2.45, 2.75) is 68.5 Å². The maximum Gasteiger partial charge on any atom is 0.416 e. The summed E-state index contributed by atoms with van der Waals surface area (Å²) >= 11 is 0. The monoisotopic (exact) mass is 483 g/mol. The van der Waals surface area contributed by atoms with Gasteiger partial charge in [-0.25, -0.2) is 0 Å². The Morgan fingerprint density at radius 2 is 1.74 bits per heavy atom. The van der Waals surface area contributed by atoms with Gasteiger partial charge in [-0.1, -0.05) is 30.3 Å². The molecule has 4 atom stereocenters. The molecule has 2 aromatic carbocycles. The zero-order valence-corrected chi connectivity index (χ0v) is 19.4. The van der Waals surface area contributed by atoms with E-state index in [1.807, 2.05) is 18.2 Å². The first-order chi connectivity index (χ1) is 16.8. The van der Waals surface area contributed by atoms with Crippen molar-refractivity contribution in [3.8, 4) is 0 Å². The van der Waals surface area contributed by atoms with Crippen LogP contribution in [0, 0.1) is 0 Å². The number of rotatable bonds is 4. The molecule has 6 rings (SSSR count). The van der Waals surface area contributed by atoms with Crippen molar-refractivity contribution in [2.75, 3.05) is 7.11 Å². The second-order valence-electron chi connectivity index (χ2n) is 10.0. The minimum absolute atomic E-state index is 0.0763. The number of hydrogen-bond donors (Lipinski definition) is 2. The lowest BCUT2D eigenvalue weighted by Gasteiger charge is -2.51. The maximum absolute atomic E-state index is 13.2. The number of hydrogen-bond acceptors (Lipinski definition) is 4. The molecule has 1 saturated carbocycles. The molecule has 0 radical (unpaired) electrons. The van der Waals surface area contributed by atoms with Crippen molar-refractivity contribution in [1.82, 2.24) is 15.2 Å². The summed E-state index contributed by atoms with van der Waals surface area (Å²) in [7, 11) is 1.40. The molecule has 2 fully saturated rings. The number of para-hydroxylation sites is 1. The topological polar surface area (TPSA) is 57.4 Å². The van der Waals surface area contributed by atoms with Crippen molar-refractivity contribution in [2.24, 2.45) is 0 Å². The van der Waals surface area contributed by atoms with Gasteiger partial charge in [0.15, 0.2) is 0 Å². The quantitative estimate of drug-likeness (QED) is 0.496. The van der Waals surface area contributed by atoms with E-state index < -0.39 is 17.8 Å². The number of H-pyrrole nitrogens is 1. The van der Waals surface area contributed by atoms with Crippen molar-refractivity contribution >= 4 is 16.9 Å². The fourth-order valence-corrected chi connectivity index (χ4v) is 6.08. The number of esters is 1. The van der Waals surface area contributed by atoms with Gasteiger partial charge in [0, 0.05) is 41.1 Å². The number of carbonyl (C=O) groups excluding carboxylic acids is 1. The average molecular weight is 484 g/mol. The Labute approximate surface area is 201 Å². The Kier molecular flexibility index (Phi) is 5.41. The lowest BCUT2D eigenvalue weighted by molar-refractivity contribution is -0.152. The van der Waals surface area contributed by atoms with Crippen LogP contribution in [0.25, 0.3) is 10.9 Å². The molecule has 1 aliphatic carbocycles. The summed E-state index contributed by atoms with van der Waals surface area (Å²) in [5.41, 5.74) is 3.40. The van der Waals surface area contributed by atoms with Gasteiger partial charge in [0.05, 0.1) is 18.7 Å². The van der Waals surface area contributed by atoms with Gasteiger partial charge in [-0.2, -0.15) is 13.2 Å². The molecule has 2 N–H and O–H groups in total. The number of piperidine rings is 1. The van der Waals surface area contributed by atoms with Crippen molar-refractivity contribution in [1.29, 1.82) is 0 Å². The molecule has 0 spiro atoms. The van der Waals surface area contributed by atoms with Crippen molar-refractivity contribution < 1.29 is 22.7 Å². The summed E-state index contributed by atoms with van der Waals surface area (Å²) in [6.45, 7) is 0. The first-order valence-electron chi connectivity index (χ1n) is 12.2. The molecule has 0 bridgehead atoms. The molecular formula is C27H28F3N3O2. The summed E-state index contributed by atoms with van der Waals surface area (Å²) in [5, 5.41) is 4.86. The smallest absolute Gasteiger partial charge is 0.416 e. The average Bonchev–Trinajstić information content (AvgIpc) is 3.59. The Hall–Kier alpha value is -2.84. The Balaban J connectivity index is 1.46. The molecule has 5 nitrogen and oxygen atoms in total. The van der Waals surface area contributed by atoms with E-state index in [0.29, 0.717) is 12.5 Å². The summed E-state index contributed by atoms with van der Waals surface area (Å²) in [5.74, 6) is -0.309. The van der Waals surface area contributed by atoms with Crippen LogP contribution in [0.5, 0.6) is 0 Å². The van der Waals surface area contributed by atoms with Gasteiger partial charge in [0.25, 0.3) is 0 Å². The van der Waals surface area contributed by atoms with E-state index >= 15 is 0 Å². The molecule has 3 aliphatic rings. The Morgan fingerprint density at radius 3 is 2.43 bits per heavy atom. The zero-order chi connectivity index (χ0) is 24.3. The molecule has 3 heterocycles. The van der Waals surface area contributed by atoms with Crippen LogP contribution < -0.4 is 5.32 Å². The number of benzene rings is 2. The number of nitrogens with one attached hydrogen (secondary N) is 2. The highest BCUT2D eigenvalue weighted by Crippen LogP contribution is 2.49.